The van der Waals surface area contributed by atoms with Gasteiger partial charge in [0.25, 0.3) is 5.91 Å². The Morgan fingerprint density at radius 1 is 1.18 bits per heavy atom. The van der Waals surface area contributed by atoms with Crippen LogP contribution in [-0.2, 0) is 6.42 Å². The van der Waals surface area contributed by atoms with Gasteiger partial charge >= 0.3 is 0 Å². The van der Waals surface area contributed by atoms with Gasteiger partial charge in [-0.05, 0) is 77.5 Å². The molecule has 0 aromatic heterocycles. The van der Waals surface area contributed by atoms with Crippen LogP contribution >= 0.6 is 34.8 Å². The van der Waals surface area contributed by atoms with Crippen LogP contribution in [0.25, 0.3) is 0 Å². The van der Waals surface area contributed by atoms with Crippen molar-refractivity contribution < 1.29 is 4.79 Å². The van der Waals surface area contributed by atoms with Gasteiger partial charge in [0.05, 0.1) is 0 Å². The number of thiocarbonyl (C=S) groups is 1. The fourth-order valence-corrected chi connectivity index (χ4v) is 3.44. The Hall–Kier alpha value is -1.47. The highest BCUT2D eigenvalue weighted by molar-refractivity contribution is 14.1. The first-order valence-electron chi connectivity index (χ1n) is 7.11. The van der Waals surface area contributed by atoms with Gasteiger partial charge in [-0.25, -0.2) is 0 Å². The molecule has 3 rings (SSSR count). The van der Waals surface area contributed by atoms with E-state index in [2.05, 4.69) is 40.0 Å². The summed E-state index contributed by atoms with van der Waals surface area (Å²) >= 11 is 7.64. The number of halogens is 1. The van der Waals surface area contributed by atoms with E-state index in [1.807, 2.05) is 35.2 Å². The summed E-state index contributed by atoms with van der Waals surface area (Å²) in [4.78, 5) is 14.3. The number of hydrogen-bond donors (Lipinski definition) is 1. The third-order valence-electron chi connectivity index (χ3n) is 3.66. The second kappa shape index (κ2) is 6.75. The highest BCUT2D eigenvalue weighted by atomic mass is 127. The summed E-state index contributed by atoms with van der Waals surface area (Å²) in [5.74, 6) is -0.161. The van der Waals surface area contributed by atoms with Crippen molar-refractivity contribution in [3.63, 3.8) is 0 Å². The van der Waals surface area contributed by atoms with E-state index in [4.69, 9.17) is 12.2 Å². The van der Waals surface area contributed by atoms with Crippen molar-refractivity contribution >= 4 is 51.5 Å². The zero-order valence-electron chi connectivity index (χ0n) is 11.9. The summed E-state index contributed by atoms with van der Waals surface area (Å²) < 4.78 is 1.03. The molecule has 1 aliphatic rings. The Balaban J connectivity index is 1.77. The first-order chi connectivity index (χ1) is 10.6. The van der Waals surface area contributed by atoms with Crippen LogP contribution in [0.15, 0.2) is 48.5 Å². The van der Waals surface area contributed by atoms with Crippen LogP contribution in [0.2, 0.25) is 0 Å². The lowest BCUT2D eigenvalue weighted by Crippen LogP contribution is -2.45. The van der Waals surface area contributed by atoms with Crippen LogP contribution < -0.4 is 10.2 Å². The first kappa shape index (κ1) is 15.4. The minimum absolute atomic E-state index is 0.161. The Bertz CT molecular complexity index is 732. The standard InChI is InChI=1S/C17H15IN2OS/c18-14-8-3-6-13(11-14)16(21)19-17(22)20-10-4-7-12-5-1-2-9-15(12)20/h1-3,5-6,8-9,11H,4,7,10H2,(H,19,21,22). The number of anilines is 1. The molecule has 0 aliphatic carbocycles. The minimum atomic E-state index is -0.161. The highest BCUT2D eigenvalue weighted by Gasteiger charge is 2.21. The number of para-hydroxylation sites is 1. The van der Waals surface area contributed by atoms with Gasteiger partial charge in [-0.15, -0.1) is 0 Å². The quantitative estimate of drug-likeness (QED) is 0.561. The van der Waals surface area contributed by atoms with Crippen molar-refractivity contribution in [2.75, 3.05) is 11.4 Å². The zero-order valence-corrected chi connectivity index (χ0v) is 14.9. The average molecular weight is 422 g/mol. The maximum Gasteiger partial charge on any atom is 0.257 e. The summed E-state index contributed by atoms with van der Waals surface area (Å²) in [6.45, 7) is 0.836. The number of fused-ring (bicyclic) bond motifs is 1. The van der Waals surface area contributed by atoms with Gasteiger partial charge in [-0.3, -0.25) is 10.1 Å². The predicted octanol–water partition coefficient (Wildman–Crippen LogP) is 3.76. The predicted molar refractivity (Wildman–Crippen MR) is 101 cm³/mol. The number of hydrogen-bond acceptors (Lipinski definition) is 2. The normalized spacial score (nSPS) is 13.4. The lowest BCUT2D eigenvalue weighted by Gasteiger charge is -2.31. The van der Waals surface area contributed by atoms with Crippen LogP contribution in [-0.4, -0.2) is 17.6 Å². The van der Waals surface area contributed by atoms with E-state index in [0.29, 0.717) is 10.7 Å². The van der Waals surface area contributed by atoms with Crippen molar-refractivity contribution in [3.05, 3.63) is 63.2 Å². The molecule has 22 heavy (non-hydrogen) atoms. The SMILES string of the molecule is O=C(NC(=S)N1CCCc2ccccc21)c1cccc(I)c1. The van der Waals surface area contributed by atoms with Crippen LogP contribution in [0.1, 0.15) is 22.3 Å². The Morgan fingerprint density at radius 3 is 2.82 bits per heavy atom. The number of carbonyl (C=O) groups is 1. The molecule has 0 fully saturated rings. The molecule has 1 amide bonds. The van der Waals surface area contributed by atoms with Gasteiger partial charge < -0.3 is 4.90 Å². The second-order valence-electron chi connectivity index (χ2n) is 5.15. The molecule has 0 unspecified atom stereocenters. The molecule has 0 atom stereocenters. The molecule has 112 valence electrons. The minimum Gasteiger partial charge on any atom is -0.318 e. The Morgan fingerprint density at radius 2 is 2.00 bits per heavy atom. The molecule has 1 heterocycles. The molecular formula is C17H15IN2OS. The number of nitrogens with zero attached hydrogens (tertiary/aromatic N) is 1. The lowest BCUT2D eigenvalue weighted by atomic mass is 10.0. The average Bonchev–Trinajstić information content (AvgIpc) is 2.54. The number of nitrogens with one attached hydrogen (secondary N) is 1. The summed E-state index contributed by atoms with van der Waals surface area (Å²) in [7, 11) is 0. The maximum atomic E-state index is 12.3. The molecule has 2 aromatic rings. The molecule has 0 saturated heterocycles. The van der Waals surface area contributed by atoms with Crippen LogP contribution in [0, 0.1) is 3.57 Å². The van der Waals surface area contributed by atoms with Crippen molar-refractivity contribution in [2.24, 2.45) is 0 Å². The topological polar surface area (TPSA) is 32.3 Å². The summed E-state index contributed by atoms with van der Waals surface area (Å²) in [5.41, 5.74) is 3.00. The van der Waals surface area contributed by atoms with E-state index in [1.165, 1.54) is 5.56 Å². The largest absolute Gasteiger partial charge is 0.318 e. The maximum absolute atomic E-state index is 12.3. The third-order valence-corrected chi connectivity index (χ3v) is 4.66. The number of benzene rings is 2. The fraction of sp³-hybridized carbons (Fsp3) is 0.176. The van der Waals surface area contributed by atoms with Crippen LogP contribution in [0.4, 0.5) is 5.69 Å². The van der Waals surface area contributed by atoms with Gasteiger partial charge in [-0.2, -0.15) is 0 Å². The summed E-state index contributed by atoms with van der Waals surface area (Å²) in [6.07, 6.45) is 2.09. The van der Waals surface area contributed by atoms with Crippen molar-refractivity contribution in [2.45, 2.75) is 12.8 Å². The van der Waals surface area contributed by atoms with Crippen molar-refractivity contribution in [1.82, 2.24) is 5.32 Å². The molecule has 0 bridgehead atoms. The number of aryl methyl sites for hydroxylation is 1. The van der Waals surface area contributed by atoms with Gasteiger partial charge in [0.15, 0.2) is 5.11 Å². The monoisotopic (exact) mass is 422 g/mol. The second-order valence-corrected chi connectivity index (χ2v) is 6.79. The van der Waals surface area contributed by atoms with E-state index in [0.717, 1.165) is 28.6 Å². The van der Waals surface area contributed by atoms with E-state index >= 15 is 0 Å². The fourth-order valence-electron chi connectivity index (χ4n) is 2.61. The highest BCUT2D eigenvalue weighted by Crippen LogP contribution is 2.26. The van der Waals surface area contributed by atoms with E-state index in [1.54, 1.807) is 6.07 Å². The molecular weight excluding hydrogens is 407 g/mol. The molecule has 0 saturated carbocycles. The number of carbonyl (C=O) groups excluding carboxylic acids is 1. The molecule has 0 radical (unpaired) electrons. The van der Waals surface area contributed by atoms with E-state index in [9.17, 15) is 4.79 Å². The van der Waals surface area contributed by atoms with Gasteiger partial charge in [0.1, 0.15) is 0 Å². The van der Waals surface area contributed by atoms with Crippen molar-refractivity contribution in [1.29, 1.82) is 0 Å². The number of rotatable bonds is 1. The molecule has 1 aliphatic heterocycles. The summed E-state index contributed by atoms with van der Waals surface area (Å²) in [6, 6.07) is 15.7. The lowest BCUT2D eigenvalue weighted by molar-refractivity contribution is 0.0977. The molecule has 1 N–H and O–H groups in total. The van der Waals surface area contributed by atoms with Crippen LogP contribution in [0.3, 0.4) is 0 Å². The van der Waals surface area contributed by atoms with Gasteiger partial charge in [-0.1, -0.05) is 24.3 Å². The zero-order chi connectivity index (χ0) is 15.5. The Labute approximate surface area is 148 Å². The molecule has 3 nitrogen and oxygen atoms in total. The third kappa shape index (κ3) is 3.30. The van der Waals surface area contributed by atoms with E-state index in [-0.39, 0.29) is 5.91 Å². The van der Waals surface area contributed by atoms with Crippen molar-refractivity contribution in [3.8, 4) is 0 Å². The molecule has 2 aromatic carbocycles. The Kier molecular flexibility index (Phi) is 4.73. The van der Waals surface area contributed by atoms with E-state index < -0.39 is 0 Å². The molecule has 5 heteroatoms. The summed E-state index contributed by atoms with van der Waals surface area (Å²) in [5, 5.41) is 3.32. The molecule has 0 spiro atoms. The van der Waals surface area contributed by atoms with Gasteiger partial charge in [0, 0.05) is 21.4 Å². The smallest absolute Gasteiger partial charge is 0.257 e. The van der Waals surface area contributed by atoms with Gasteiger partial charge in [0.2, 0.25) is 0 Å². The number of amides is 1. The van der Waals surface area contributed by atoms with Crippen LogP contribution in [0.5, 0.6) is 0 Å². The first-order valence-corrected chi connectivity index (χ1v) is 8.60.